The van der Waals surface area contributed by atoms with Gasteiger partial charge in [0.05, 0.1) is 18.1 Å². The first-order chi connectivity index (χ1) is 10.0. The maximum Gasteiger partial charge on any atom is 0.154 e. The molecule has 1 aliphatic rings. The number of anilines is 1. The lowest BCUT2D eigenvalue weighted by Crippen LogP contribution is -2.47. The highest BCUT2D eigenvalue weighted by Gasteiger charge is 2.29. The van der Waals surface area contributed by atoms with E-state index in [-0.39, 0.29) is 17.5 Å². The van der Waals surface area contributed by atoms with Gasteiger partial charge in [0.2, 0.25) is 0 Å². The number of pyridine rings is 1. The van der Waals surface area contributed by atoms with E-state index in [9.17, 15) is 8.42 Å². The van der Waals surface area contributed by atoms with Crippen molar-refractivity contribution in [3.05, 3.63) is 23.9 Å². The summed E-state index contributed by atoms with van der Waals surface area (Å²) < 4.78 is 28.4. The average Bonchev–Trinajstić information content (AvgIpc) is 2.44. The van der Waals surface area contributed by atoms with Gasteiger partial charge in [-0.15, -0.1) is 0 Å². The number of nitrogens with zero attached hydrogens (tertiary/aromatic N) is 2. The molecule has 1 aromatic heterocycles. The third kappa shape index (κ3) is 4.39. The maximum atomic E-state index is 11.7. The van der Waals surface area contributed by atoms with Crippen LogP contribution in [0.1, 0.15) is 12.5 Å². The van der Waals surface area contributed by atoms with Crippen LogP contribution < -0.4 is 10.2 Å². The Morgan fingerprint density at radius 1 is 1.52 bits per heavy atom. The van der Waals surface area contributed by atoms with Crippen LogP contribution in [0.15, 0.2) is 18.3 Å². The van der Waals surface area contributed by atoms with Gasteiger partial charge in [0, 0.05) is 44.5 Å². The second-order valence-corrected chi connectivity index (χ2v) is 7.54. The fourth-order valence-corrected chi connectivity index (χ4v) is 4.09. The Balaban J connectivity index is 2.09. The lowest BCUT2D eigenvalue weighted by molar-refractivity contribution is 0.199. The van der Waals surface area contributed by atoms with Crippen LogP contribution in [0, 0.1) is 0 Å². The first kappa shape index (κ1) is 16.2. The molecule has 6 nitrogen and oxygen atoms in total. The third-order valence-corrected chi connectivity index (χ3v) is 5.40. The third-order valence-electron chi connectivity index (χ3n) is 3.61. The zero-order chi connectivity index (χ0) is 15.3. The standard InChI is InChI=1S/C14H23N3O3S/c1-12-11-21(18,19)9-7-17(12)14-13(4-3-5-16-14)10-15-6-8-20-2/h3-5,12,15H,6-11H2,1-2H3. The smallest absolute Gasteiger partial charge is 0.154 e. The summed E-state index contributed by atoms with van der Waals surface area (Å²) in [5, 5.41) is 3.30. The van der Waals surface area contributed by atoms with Crippen LogP contribution in [0.5, 0.6) is 0 Å². The first-order valence-electron chi connectivity index (χ1n) is 7.14. The molecule has 0 aliphatic carbocycles. The van der Waals surface area contributed by atoms with Crippen molar-refractivity contribution in [2.24, 2.45) is 0 Å². The van der Waals surface area contributed by atoms with Gasteiger partial charge < -0.3 is 15.0 Å². The first-order valence-corrected chi connectivity index (χ1v) is 8.96. The van der Waals surface area contributed by atoms with Gasteiger partial charge in [-0.1, -0.05) is 6.07 Å². The van der Waals surface area contributed by atoms with E-state index in [1.54, 1.807) is 13.3 Å². The Labute approximate surface area is 126 Å². The summed E-state index contributed by atoms with van der Waals surface area (Å²) in [5.74, 6) is 1.27. The van der Waals surface area contributed by atoms with Crippen LogP contribution in [-0.2, 0) is 21.1 Å². The fourth-order valence-electron chi connectivity index (χ4n) is 2.54. The van der Waals surface area contributed by atoms with Crippen molar-refractivity contribution < 1.29 is 13.2 Å². The zero-order valence-corrected chi connectivity index (χ0v) is 13.4. The highest BCUT2D eigenvalue weighted by atomic mass is 32.2. The second-order valence-electron chi connectivity index (χ2n) is 5.31. The number of hydrogen-bond acceptors (Lipinski definition) is 6. The molecule has 0 bridgehead atoms. The number of rotatable bonds is 6. The van der Waals surface area contributed by atoms with E-state index in [4.69, 9.17) is 4.74 Å². The monoisotopic (exact) mass is 313 g/mol. The van der Waals surface area contributed by atoms with Gasteiger partial charge in [0.25, 0.3) is 0 Å². The molecule has 2 heterocycles. The lowest BCUT2D eigenvalue weighted by atomic mass is 10.2. The molecule has 2 rings (SSSR count). The number of methoxy groups -OCH3 is 1. The molecule has 0 saturated carbocycles. The van der Waals surface area contributed by atoms with Crippen molar-refractivity contribution >= 4 is 15.7 Å². The van der Waals surface area contributed by atoms with Crippen molar-refractivity contribution in [1.82, 2.24) is 10.3 Å². The molecule has 1 fully saturated rings. The zero-order valence-electron chi connectivity index (χ0n) is 12.6. The Morgan fingerprint density at radius 2 is 2.33 bits per heavy atom. The number of aromatic nitrogens is 1. The summed E-state index contributed by atoms with van der Waals surface area (Å²) in [6.45, 7) is 4.57. The largest absolute Gasteiger partial charge is 0.383 e. The fraction of sp³-hybridized carbons (Fsp3) is 0.643. The van der Waals surface area contributed by atoms with Gasteiger partial charge in [-0.05, 0) is 13.0 Å². The van der Waals surface area contributed by atoms with Crippen LogP contribution in [0.25, 0.3) is 0 Å². The number of hydrogen-bond donors (Lipinski definition) is 1. The molecule has 1 aromatic rings. The van der Waals surface area contributed by atoms with E-state index in [0.717, 1.165) is 17.9 Å². The molecular formula is C14H23N3O3S. The van der Waals surface area contributed by atoms with Crippen LogP contribution in [0.2, 0.25) is 0 Å². The predicted octanol–water partition coefficient (Wildman–Crippen LogP) is 0.441. The minimum atomic E-state index is -2.91. The second kappa shape index (κ2) is 7.20. The van der Waals surface area contributed by atoms with E-state index >= 15 is 0 Å². The Hall–Kier alpha value is -1.18. The molecule has 1 N–H and O–H groups in total. The predicted molar refractivity (Wildman–Crippen MR) is 83.3 cm³/mol. The number of nitrogens with one attached hydrogen (secondary N) is 1. The highest BCUT2D eigenvalue weighted by Crippen LogP contribution is 2.23. The minimum absolute atomic E-state index is 0.0450. The molecular weight excluding hydrogens is 290 g/mol. The minimum Gasteiger partial charge on any atom is -0.383 e. The Bertz CT molecular complexity index is 562. The summed E-state index contributed by atoms with van der Waals surface area (Å²) in [4.78, 5) is 6.55. The van der Waals surface area contributed by atoms with E-state index in [0.29, 0.717) is 19.7 Å². The van der Waals surface area contributed by atoms with Gasteiger partial charge in [-0.2, -0.15) is 0 Å². The van der Waals surface area contributed by atoms with E-state index in [1.807, 2.05) is 19.1 Å². The molecule has 1 atom stereocenters. The van der Waals surface area contributed by atoms with Crippen molar-refractivity contribution in [2.75, 3.05) is 43.2 Å². The quantitative estimate of drug-likeness (QED) is 0.769. The number of ether oxygens (including phenoxy) is 1. The molecule has 1 aliphatic heterocycles. The summed E-state index contributed by atoms with van der Waals surface area (Å²) >= 11 is 0. The van der Waals surface area contributed by atoms with Gasteiger partial charge in [0.1, 0.15) is 5.82 Å². The van der Waals surface area contributed by atoms with Crippen molar-refractivity contribution in [3.63, 3.8) is 0 Å². The average molecular weight is 313 g/mol. The van der Waals surface area contributed by atoms with E-state index in [2.05, 4.69) is 15.2 Å². The maximum absolute atomic E-state index is 11.7. The van der Waals surface area contributed by atoms with Crippen molar-refractivity contribution in [2.45, 2.75) is 19.5 Å². The molecule has 0 aromatic carbocycles. The highest BCUT2D eigenvalue weighted by molar-refractivity contribution is 7.91. The molecule has 7 heteroatoms. The van der Waals surface area contributed by atoms with Gasteiger partial charge in [0.15, 0.2) is 9.84 Å². The Kier molecular flexibility index (Phi) is 5.55. The van der Waals surface area contributed by atoms with Gasteiger partial charge >= 0.3 is 0 Å². The number of sulfone groups is 1. The topological polar surface area (TPSA) is 71.5 Å². The molecule has 0 radical (unpaired) electrons. The molecule has 118 valence electrons. The summed E-state index contributed by atoms with van der Waals surface area (Å²) in [7, 11) is -1.24. The molecule has 1 saturated heterocycles. The summed E-state index contributed by atoms with van der Waals surface area (Å²) in [5.41, 5.74) is 1.08. The van der Waals surface area contributed by atoms with Crippen LogP contribution >= 0.6 is 0 Å². The summed E-state index contributed by atoms with van der Waals surface area (Å²) in [6.07, 6.45) is 1.75. The van der Waals surface area contributed by atoms with Crippen LogP contribution in [-0.4, -0.2) is 57.8 Å². The SMILES string of the molecule is COCCNCc1cccnc1N1CCS(=O)(=O)CC1C. The van der Waals surface area contributed by atoms with Crippen molar-refractivity contribution in [3.8, 4) is 0 Å². The summed E-state index contributed by atoms with van der Waals surface area (Å²) in [6, 6.07) is 3.89. The lowest BCUT2D eigenvalue weighted by Gasteiger charge is -2.35. The molecule has 0 amide bonds. The van der Waals surface area contributed by atoms with Gasteiger partial charge in [-0.25, -0.2) is 13.4 Å². The van der Waals surface area contributed by atoms with Crippen LogP contribution in [0.3, 0.4) is 0 Å². The normalized spacial score (nSPS) is 21.4. The van der Waals surface area contributed by atoms with Crippen molar-refractivity contribution in [1.29, 1.82) is 0 Å². The van der Waals surface area contributed by atoms with E-state index in [1.165, 1.54) is 0 Å². The van der Waals surface area contributed by atoms with Crippen LogP contribution in [0.4, 0.5) is 5.82 Å². The molecule has 0 spiro atoms. The molecule has 1 unspecified atom stereocenters. The molecule has 21 heavy (non-hydrogen) atoms. The van der Waals surface area contributed by atoms with E-state index < -0.39 is 9.84 Å². The van der Waals surface area contributed by atoms with Gasteiger partial charge in [-0.3, -0.25) is 0 Å². The Morgan fingerprint density at radius 3 is 3.05 bits per heavy atom.